The van der Waals surface area contributed by atoms with Gasteiger partial charge in [0.2, 0.25) is 0 Å². The average molecular weight is 259 g/mol. The number of aryl methyl sites for hydroxylation is 3. The number of imidazole rings is 1. The van der Waals surface area contributed by atoms with E-state index >= 15 is 0 Å². The Morgan fingerprint density at radius 3 is 2.63 bits per heavy atom. The lowest BCUT2D eigenvalue weighted by atomic mass is 9.84. The molecule has 0 radical (unpaired) electrons. The summed E-state index contributed by atoms with van der Waals surface area (Å²) >= 11 is 0. The molecule has 19 heavy (non-hydrogen) atoms. The molecule has 2 rings (SSSR count). The third-order valence-electron chi connectivity index (χ3n) is 4.04. The first kappa shape index (κ1) is 14.1. The van der Waals surface area contributed by atoms with Crippen molar-refractivity contribution in [1.82, 2.24) is 9.55 Å². The van der Waals surface area contributed by atoms with Crippen LogP contribution in [0, 0.1) is 12.3 Å². The van der Waals surface area contributed by atoms with Crippen molar-refractivity contribution in [2.75, 3.05) is 6.54 Å². The first-order valence-electron chi connectivity index (χ1n) is 7.05. The Balaban J connectivity index is 2.22. The number of rotatable bonds is 5. The van der Waals surface area contributed by atoms with Gasteiger partial charge in [0, 0.05) is 13.5 Å². The first-order valence-corrected chi connectivity index (χ1v) is 7.05. The van der Waals surface area contributed by atoms with E-state index in [0.29, 0.717) is 5.41 Å². The third-order valence-corrected chi connectivity index (χ3v) is 4.04. The van der Waals surface area contributed by atoms with Gasteiger partial charge in [0.1, 0.15) is 5.82 Å². The smallest absolute Gasteiger partial charge is 0.109 e. The molecule has 0 aliphatic heterocycles. The van der Waals surface area contributed by atoms with Crippen LogP contribution in [0.25, 0.3) is 11.0 Å². The van der Waals surface area contributed by atoms with E-state index in [0.717, 1.165) is 31.3 Å². The number of fused-ring (bicyclic) bond motifs is 1. The zero-order chi connectivity index (χ0) is 14.0. The molecule has 0 atom stereocenters. The standard InChI is InChI=1S/C16H25N3/c1-12-6-5-7-13-15(12)19(4)14(18-13)8-9-16(2,3)10-11-17/h5-7H,8-11,17H2,1-4H3. The van der Waals surface area contributed by atoms with Gasteiger partial charge in [-0.1, -0.05) is 26.0 Å². The highest BCUT2D eigenvalue weighted by Crippen LogP contribution is 2.27. The second-order valence-corrected chi connectivity index (χ2v) is 6.23. The number of nitrogens with two attached hydrogens (primary N) is 1. The van der Waals surface area contributed by atoms with E-state index in [1.165, 1.54) is 16.9 Å². The largest absolute Gasteiger partial charge is 0.331 e. The van der Waals surface area contributed by atoms with Crippen LogP contribution < -0.4 is 5.73 Å². The molecule has 0 aliphatic carbocycles. The Hall–Kier alpha value is -1.35. The van der Waals surface area contributed by atoms with Crippen LogP contribution in [-0.2, 0) is 13.5 Å². The lowest BCUT2D eigenvalue weighted by molar-refractivity contribution is 0.310. The third kappa shape index (κ3) is 2.98. The topological polar surface area (TPSA) is 43.8 Å². The quantitative estimate of drug-likeness (QED) is 0.896. The van der Waals surface area contributed by atoms with Crippen LogP contribution in [0.15, 0.2) is 18.2 Å². The maximum Gasteiger partial charge on any atom is 0.109 e. The van der Waals surface area contributed by atoms with Crippen LogP contribution in [-0.4, -0.2) is 16.1 Å². The summed E-state index contributed by atoms with van der Waals surface area (Å²) < 4.78 is 2.24. The van der Waals surface area contributed by atoms with E-state index < -0.39 is 0 Å². The molecule has 104 valence electrons. The average Bonchev–Trinajstić information content (AvgIpc) is 2.65. The van der Waals surface area contributed by atoms with Gasteiger partial charge in [-0.3, -0.25) is 0 Å². The monoisotopic (exact) mass is 259 g/mol. The molecule has 2 N–H and O–H groups in total. The molecule has 3 nitrogen and oxygen atoms in total. The van der Waals surface area contributed by atoms with Gasteiger partial charge < -0.3 is 10.3 Å². The predicted molar refractivity (Wildman–Crippen MR) is 81.2 cm³/mol. The Kier molecular flexibility index (Phi) is 3.95. The molecule has 1 heterocycles. The molecule has 0 aliphatic rings. The van der Waals surface area contributed by atoms with Gasteiger partial charge in [0.15, 0.2) is 0 Å². The van der Waals surface area contributed by atoms with E-state index in [4.69, 9.17) is 10.7 Å². The Labute approximate surface area is 115 Å². The van der Waals surface area contributed by atoms with Gasteiger partial charge in [-0.25, -0.2) is 4.98 Å². The summed E-state index contributed by atoms with van der Waals surface area (Å²) in [5, 5.41) is 0. The molecule has 0 saturated heterocycles. The van der Waals surface area contributed by atoms with Gasteiger partial charge in [-0.15, -0.1) is 0 Å². The minimum Gasteiger partial charge on any atom is -0.331 e. The second-order valence-electron chi connectivity index (χ2n) is 6.23. The molecule has 1 aromatic carbocycles. The van der Waals surface area contributed by atoms with Crippen molar-refractivity contribution in [3.05, 3.63) is 29.6 Å². The minimum atomic E-state index is 0.294. The molecular formula is C16H25N3. The summed E-state index contributed by atoms with van der Waals surface area (Å²) in [6, 6.07) is 6.32. The molecule has 0 spiro atoms. The van der Waals surface area contributed by atoms with E-state index in [1.54, 1.807) is 0 Å². The minimum absolute atomic E-state index is 0.294. The lowest BCUT2D eigenvalue weighted by Crippen LogP contribution is -2.18. The van der Waals surface area contributed by atoms with Gasteiger partial charge in [-0.2, -0.15) is 0 Å². The highest BCUT2D eigenvalue weighted by atomic mass is 15.1. The highest BCUT2D eigenvalue weighted by molar-refractivity contribution is 5.79. The maximum absolute atomic E-state index is 5.67. The van der Waals surface area contributed by atoms with Gasteiger partial charge in [0.05, 0.1) is 11.0 Å². The molecule has 0 bridgehead atoms. The zero-order valence-corrected chi connectivity index (χ0v) is 12.5. The summed E-state index contributed by atoms with van der Waals surface area (Å²) in [6.45, 7) is 7.47. The van der Waals surface area contributed by atoms with Crippen LogP contribution in [0.2, 0.25) is 0 Å². The number of nitrogens with zero attached hydrogens (tertiary/aromatic N) is 2. The van der Waals surface area contributed by atoms with Crippen LogP contribution >= 0.6 is 0 Å². The number of hydrogen-bond acceptors (Lipinski definition) is 2. The maximum atomic E-state index is 5.67. The number of hydrogen-bond donors (Lipinski definition) is 1. The fourth-order valence-electron chi connectivity index (χ4n) is 2.70. The Morgan fingerprint density at radius 1 is 1.26 bits per heavy atom. The summed E-state index contributed by atoms with van der Waals surface area (Å²) in [7, 11) is 2.12. The summed E-state index contributed by atoms with van der Waals surface area (Å²) in [4.78, 5) is 4.77. The molecule has 2 aromatic rings. The molecule has 0 fully saturated rings. The van der Waals surface area contributed by atoms with Crippen LogP contribution in [0.3, 0.4) is 0 Å². The second kappa shape index (κ2) is 5.33. The van der Waals surface area contributed by atoms with Crippen molar-refractivity contribution in [2.45, 2.75) is 40.0 Å². The van der Waals surface area contributed by atoms with Crippen molar-refractivity contribution in [1.29, 1.82) is 0 Å². The van der Waals surface area contributed by atoms with Gasteiger partial charge in [-0.05, 0) is 43.4 Å². The van der Waals surface area contributed by atoms with Crippen molar-refractivity contribution >= 4 is 11.0 Å². The summed E-state index contributed by atoms with van der Waals surface area (Å²) in [5.41, 5.74) is 9.62. The van der Waals surface area contributed by atoms with Crippen LogP contribution in [0.1, 0.15) is 38.1 Å². The highest BCUT2D eigenvalue weighted by Gasteiger charge is 2.18. The van der Waals surface area contributed by atoms with E-state index in [2.05, 4.69) is 50.6 Å². The van der Waals surface area contributed by atoms with E-state index in [1.807, 2.05) is 0 Å². The fourth-order valence-corrected chi connectivity index (χ4v) is 2.70. The summed E-state index contributed by atoms with van der Waals surface area (Å²) in [5.74, 6) is 1.18. The van der Waals surface area contributed by atoms with Crippen molar-refractivity contribution < 1.29 is 0 Å². The molecule has 0 unspecified atom stereocenters. The SMILES string of the molecule is Cc1cccc2nc(CCC(C)(C)CCN)n(C)c12. The Morgan fingerprint density at radius 2 is 2.00 bits per heavy atom. The lowest BCUT2D eigenvalue weighted by Gasteiger charge is -2.23. The zero-order valence-electron chi connectivity index (χ0n) is 12.5. The van der Waals surface area contributed by atoms with Crippen LogP contribution in [0.4, 0.5) is 0 Å². The summed E-state index contributed by atoms with van der Waals surface area (Å²) in [6.07, 6.45) is 3.20. The molecular weight excluding hydrogens is 234 g/mol. The van der Waals surface area contributed by atoms with Gasteiger partial charge >= 0.3 is 0 Å². The van der Waals surface area contributed by atoms with E-state index in [9.17, 15) is 0 Å². The predicted octanol–water partition coefficient (Wildman–Crippen LogP) is 3.19. The number of aromatic nitrogens is 2. The van der Waals surface area contributed by atoms with Crippen molar-refractivity contribution in [3.8, 4) is 0 Å². The molecule has 0 amide bonds. The number of benzene rings is 1. The fraction of sp³-hybridized carbons (Fsp3) is 0.562. The first-order chi connectivity index (χ1) is 8.94. The molecule has 0 saturated carbocycles. The Bertz CT molecular complexity index is 567. The normalized spacial score (nSPS) is 12.3. The van der Waals surface area contributed by atoms with Crippen LogP contribution in [0.5, 0.6) is 0 Å². The number of para-hydroxylation sites is 1. The van der Waals surface area contributed by atoms with Gasteiger partial charge in [0.25, 0.3) is 0 Å². The van der Waals surface area contributed by atoms with Crippen molar-refractivity contribution in [3.63, 3.8) is 0 Å². The molecule has 3 heteroatoms. The van der Waals surface area contributed by atoms with E-state index in [-0.39, 0.29) is 0 Å². The van der Waals surface area contributed by atoms with Crippen molar-refractivity contribution in [2.24, 2.45) is 18.2 Å². The molecule has 1 aromatic heterocycles.